The third kappa shape index (κ3) is 7.74. The number of amides is 1. The number of nitrogens with two attached hydrogens (primary N) is 1. The molecule has 6 nitrogen and oxygen atoms in total. The molecule has 0 saturated heterocycles. The first kappa shape index (κ1) is 27.6. The lowest BCUT2D eigenvalue weighted by atomic mass is 9.98. The standard InChI is InChI=1S/C26H33F4N3O3/c1-3-4-9-33-10-7-19-13-18(14-21(24(19)33)25(31)34)12-17(2)32-8-11-35-22-6-5-20(27)15-23(22)36-16-26(28,29)30/h5-6,13-15,17,32H,3-4,7-12,16H2,1-2H3,(H2,31,34). The van der Waals surface area contributed by atoms with E-state index in [0.29, 0.717) is 18.5 Å². The fourth-order valence-electron chi connectivity index (χ4n) is 4.34. The zero-order valence-corrected chi connectivity index (χ0v) is 20.6. The monoisotopic (exact) mass is 511 g/mol. The predicted octanol–water partition coefficient (Wildman–Crippen LogP) is 4.63. The Morgan fingerprint density at radius 2 is 1.97 bits per heavy atom. The van der Waals surface area contributed by atoms with Crippen molar-refractivity contribution < 1.29 is 31.8 Å². The maximum absolute atomic E-state index is 13.4. The van der Waals surface area contributed by atoms with Crippen LogP contribution >= 0.6 is 0 Å². The molecule has 0 bridgehead atoms. The highest BCUT2D eigenvalue weighted by Gasteiger charge is 2.29. The van der Waals surface area contributed by atoms with Crippen molar-refractivity contribution in [2.24, 2.45) is 5.73 Å². The number of unbranched alkanes of at least 4 members (excludes halogenated alkanes) is 1. The lowest BCUT2D eigenvalue weighted by Gasteiger charge is -2.22. The highest BCUT2D eigenvalue weighted by atomic mass is 19.4. The molecule has 36 heavy (non-hydrogen) atoms. The molecule has 3 N–H and O–H groups in total. The number of hydrogen-bond donors (Lipinski definition) is 2. The Kier molecular flexibility index (Phi) is 9.42. The molecule has 1 aliphatic rings. The Morgan fingerprint density at radius 1 is 1.19 bits per heavy atom. The first-order valence-corrected chi connectivity index (χ1v) is 12.1. The van der Waals surface area contributed by atoms with Gasteiger partial charge in [-0.3, -0.25) is 4.79 Å². The molecule has 0 fully saturated rings. The van der Waals surface area contributed by atoms with E-state index >= 15 is 0 Å². The van der Waals surface area contributed by atoms with Crippen molar-refractivity contribution in [3.8, 4) is 11.5 Å². The van der Waals surface area contributed by atoms with Crippen LogP contribution in [0.2, 0.25) is 0 Å². The Balaban J connectivity index is 1.55. The highest BCUT2D eigenvalue weighted by Crippen LogP contribution is 2.34. The largest absolute Gasteiger partial charge is 0.488 e. The molecular formula is C26H33F4N3O3. The summed E-state index contributed by atoms with van der Waals surface area (Å²) in [5.41, 5.74) is 9.35. The summed E-state index contributed by atoms with van der Waals surface area (Å²) in [6.45, 7) is 4.90. The molecule has 0 spiro atoms. The summed E-state index contributed by atoms with van der Waals surface area (Å²) in [6, 6.07) is 7.22. The van der Waals surface area contributed by atoms with E-state index in [2.05, 4.69) is 27.9 Å². The van der Waals surface area contributed by atoms with Crippen molar-refractivity contribution >= 4 is 11.6 Å². The number of carbonyl (C=O) groups is 1. The second-order valence-electron chi connectivity index (χ2n) is 9.01. The van der Waals surface area contributed by atoms with Crippen LogP contribution < -0.4 is 25.4 Å². The molecule has 0 saturated carbocycles. The first-order chi connectivity index (χ1) is 17.1. The predicted molar refractivity (Wildman–Crippen MR) is 130 cm³/mol. The Hall–Kier alpha value is -3.01. The van der Waals surface area contributed by atoms with Gasteiger partial charge in [0.05, 0.1) is 11.3 Å². The van der Waals surface area contributed by atoms with Crippen LogP contribution in [0.1, 0.15) is 48.2 Å². The molecule has 1 heterocycles. The molecule has 0 radical (unpaired) electrons. The molecule has 0 aliphatic carbocycles. The number of nitrogens with one attached hydrogen (secondary N) is 1. The average Bonchev–Trinajstić information content (AvgIpc) is 3.21. The van der Waals surface area contributed by atoms with Gasteiger partial charge < -0.3 is 25.4 Å². The minimum absolute atomic E-state index is 0.0270. The summed E-state index contributed by atoms with van der Waals surface area (Å²) in [5.74, 6) is -1.42. The van der Waals surface area contributed by atoms with E-state index in [0.717, 1.165) is 61.3 Å². The van der Waals surface area contributed by atoms with Crippen molar-refractivity contribution in [2.45, 2.75) is 51.7 Å². The summed E-state index contributed by atoms with van der Waals surface area (Å²) < 4.78 is 61.0. The van der Waals surface area contributed by atoms with Gasteiger partial charge in [0.15, 0.2) is 18.1 Å². The fraction of sp³-hybridized carbons (Fsp3) is 0.500. The maximum Gasteiger partial charge on any atom is 0.422 e. The summed E-state index contributed by atoms with van der Waals surface area (Å²) in [4.78, 5) is 14.4. The SMILES string of the molecule is CCCCN1CCc2cc(CC(C)NCCOc3ccc(F)cc3OCC(F)(F)F)cc(C(N)=O)c21. The highest BCUT2D eigenvalue weighted by molar-refractivity contribution is 6.00. The smallest absolute Gasteiger partial charge is 0.422 e. The van der Waals surface area contributed by atoms with Gasteiger partial charge >= 0.3 is 6.18 Å². The summed E-state index contributed by atoms with van der Waals surface area (Å²) in [6.07, 6.45) is -0.888. The van der Waals surface area contributed by atoms with Crippen LogP contribution in [0.5, 0.6) is 11.5 Å². The van der Waals surface area contributed by atoms with Gasteiger partial charge in [-0.15, -0.1) is 0 Å². The van der Waals surface area contributed by atoms with Crippen molar-refractivity contribution in [1.82, 2.24) is 5.32 Å². The second-order valence-corrected chi connectivity index (χ2v) is 9.01. The van der Waals surface area contributed by atoms with Crippen LogP contribution in [0, 0.1) is 5.82 Å². The van der Waals surface area contributed by atoms with E-state index in [4.69, 9.17) is 10.5 Å². The quantitative estimate of drug-likeness (QED) is 0.303. The van der Waals surface area contributed by atoms with E-state index in [1.165, 1.54) is 6.07 Å². The summed E-state index contributed by atoms with van der Waals surface area (Å²) >= 11 is 0. The van der Waals surface area contributed by atoms with Gasteiger partial charge in [-0.1, -0.05) is 19.4 Å². The van der Waals surface area contributed by atoms with Crippen molar-refractivity contribution in [3.63, 3.8) is 0 Å². The number of primary amides is 1. The maximum atomic E-state index is 13.4. The minimum atomic E-state index is -4.54. The van der Waals surface area contributed by atoms with Crippen molar-refractivity contribution in [3.05, 3.63) is 52.8 Å². The molecule has 0 aromatic heterocycles. The molecule has 1 atom stereocenters. The molecular weight excluding hydrogens is 478 g/mol. The average molecular weight is 512 g/mol. The number of fused-ring (bicyclic) bond motifs is 1. The van der Waals surface area contributed by atoms with Gasteiger partial charge in [0.2, 0.25) is 0 Å². The lowest BCUT2D eigenvalue weighted by Crippen LogP contribution is -2.32. The van der Waals surface area contributed by atoms with Crippen LogP contribution in [0.3, 0.4) is 0 Å². The zero-order valence-electron chi connectivity index (χ0n) is 20.6. The van der Waals surface area contributed by atoms with Gasteiger partial charge in [0.25, 0.3) is 5.91 Å². The Labute approximate surface area is 208 Å². The van der Waals surface area contributed by atoms with E-state index in [9.17, 15) is 22.4 Å². The zero-order chi connectivity index (χ0) is 26.3. The molecule has 1 amide bonds. The van der Waals surface area contributed by atoms with Crippen LogP contribution in [-0.4, -0.2) is 51.0 Å². The van der Waals surface area contributed by atoms with Gasteiger partial charge in [0.1, 0.15) is 12.4 Å². The summed E-state index contributed by atoms with van der Waals surface area (Å²) in [5, 5.41) is 3.30. The number of halogens is 4. The van der Waals surface area contributed by atoms with Gasteiger partial charge in [-0.05, 0) is 55.5 Å². The first-order valence-electron chi connectivity index (χ1n) is 12.1. The van der Waals surface area contributed by atoms with Crippen LogP contribution in [-0.2, 0) is 12.8 Å². The number of nitrogens with zero attached hydrogens (tertiary/aromatic N) is 1. The van der Waals surface area contributed by atoms with Gasteiger partial charge in [-0.25, -0.2) is 4.39 Å². The number of benzene rings is 2. The number of alkyl halides is 3. The Bertz CT molecular complexity index is 1050. The molecule has 10 heteroatoms. The van der Waals surface area contributed by atoms with E-state index in [-0.39, 0.29) is 24.1 Å². The second kappa shape index (κ2) is 12.3. The van der Waals surface area contributed by atoms with E-state index < -0.39 is 24.5 Å². The number of hydrogen-bond acceptors (Lipinski definition) is 5. The molecule has 3 rings (SSSR count). The van der Waals surface area contributed by atoms with E-state index in [1.807, 2.05) is 13.0 Å². The van der Waals surface area contributed by atoms with Crippen LogP contribution in [0.15, 0.2) is 30.3 Å². The number of carbonyl (C=O) groups excluding carboxylic acids is 1. The third-order valence-corrected chi connectivity index (χ3v) is 5.95. The van der Waals surface area contributed by atoms with Crippen LogP contribution in [0.25, 0.3) is 0 Å². The number of rotatable bonds is 13. The van der Waals surface area contributed by atoms with Crippen molar-refractivity contribution in [2.75, 3.05) is 37.7 Å². The summed E-state index contributed by atoms with van der Waals surface area (Å²) in [7, 11) is 0. The van der Waals surface area contributed by atoms with Gasteiger partial charge in [0, 0.05) is 31.7 Å². The third-order valence-electron chi connectivity index (χ3n) is 5.95. The number of ether oxygens (including phenoxy) is 2. The Morgan fingerprint density at radius 3 is 2.67 bits per heavy atom. The van der Waals surface area contributed by atoms with Gasteiger partial charge in [-0.2, -0.15) is 13.2 Å². The fourth-order valence-corrected chi connectivity index (χ4v) is 4.34. The van der Waals surface area contributed by atoms with Crippen LogP contribution in [0.4, 0.5) is 23.2 Å². The normalized spacial score (nSPS) is 14.0. The number of anilines is 1. The molecule has 1 unspecified atom stereocenters. The van der Waals surface area contributed by atoms with E-state index in [1.54, 1.807) is 0 Å². The lowest BCUT2D eigenvalue weighted by molar-refractivity contribution is -0.153. The molecule has 1 aliphatic heterocycles. The van der Waals surface area contributed by atoms with Crippen molar-refractivity contribution in [1.29, 1.82) is 0 Å². The molecule has 198 valence electrons. The molecule has 2 aromatic rings. The molecule has 2 aromatic carbocycles. The minimum Gasteiger partial charge on any atom is -0.488 e. The topological polar surface area (TPSA) is 76.8 Å².